The van der Waals surface area contributed by atoms with E-state index in [-0.39, 0.29) is 9.99 Å². The number of nitrogens with zero attached hydrogens (tertiary/aromatic N) is 1. The second-order valence-electron chi connectivity index (χ2n) is 6.19. The normalized spacial score (nSPS) is 24.4. The van der Waals surface area contributed by atoms with Crippen molar-refractivity contribution in [2.75, 3.05) is 30.1 Å². The number of amides is 1. The summed E-state index contributed by atoms with van der Waals surface area (Å²) in [6.07, 6.45) is 2.74. The fourth-order valence-electron chi connectivity index (χ4n) is 3.13. The molecule has 2 rings (SSSR count). The lowest BCUT2D eigenvalue weighted by molar-refractivity contribution is -0.149. The summed E-state index contributed by atoms with van der Waals surface area (Å²) in [5, 5.41) is 21.7. The van der Waals surface area contributed by atoms with Crippen LogP contribution < -0.4 is 5.32 Å². The molecule has 0 saturated carbocycles. The Hall–Kier alpha value is -0.580. The Bertz CT molecular complexity index is 527. The van der Waals surface area contributed by atoms with E-state index in [2.05, 4.69) is 5.32 Å². The predicted octanol–water partition coefficient (Wildman–Crippen LogP) is 1.03. The number of carbonyl (C=O) groups excluding carboxylic acids is 1. The van der Waals surface area contributed by atoms with Gasteiger partial charge in [-0.1, -0.05) is 0 Å². The van der Waals surface area contributed by atoms with Crippen LogP contribution in [0.4, 0.5) is 0 Å². The molecule has 2 aliphatic rings. The van der Waals surface area contributed by atoms with Crippen molar-refractivity contribution in [2.45, 2.75) is 42.0 Å². The van der Waals surface area contributed by atoms with Crippen LogP contribution in [0, 0.1) is 0 Å². The molecule has 3 N–H and O–H groups in total. The second-order valence-corrected chi connectivity index (χ2v) is 10.4. The monoisotopic (exact) mass is 408 g/mol. The van der Waals surface area contributed by atoms with E-state index in [1.54, 1.807) is 42.2 Å². The number of carboxylic acids is 2. The van der Waals surface area contributed by atoms with Gasteiger partial charge in [-0.15, -0.1) is 23.5 Å². The number of hydrogen-bond acceptors (Lipinski definition) is 7. The lowest BCUT2D eigenvalue weighted by Gasteiger charge is -2.28. The molecular weight excluding hydrogens is 384 g/mol. The Morgan fingerprint density at radius 3 is 2.48 bits per heavy atom. The lowest BCUT2D eigenvalue weighted by atomic mass is 10.1. The molecule has 10 heteroatoms. The van der Waals surface area contributed by atoms with Gasteiger partial charge in [-0.05, 0) is 25.4 Å². The van der Waals surface area contributed by atoms with Gasteiger partial charge < -0.3 is 15.1 Å². The smallest absolute Gasteiger partial charge is 0.326 e. The van der Waals surface area contributed by atoms with E-state index in [4.69, 9.17) is 0 Å². The van der Waals surface area contributed by atoms with Crippen LogP contribution in [0.15, 0.2) is 0 Å². The number of carbonyl (C=O) groups is 3. The molecule has 0 aromatic carbocycles. The van der Waals surface area contributed by atoms with Crippen molar-refractivity contribution in [3.63, 3.8) is 0 Å². The quantitative estimate of drug-likeness (QED) is 0.543. The minimum atomic E-state index is -0.998. The van der Waals surface area contributed by atoms with Crippen molar-refractivity contribution in [1.82, 2.24) is 10.2 Å². The first-order valence-corrected chi connectivity index (χ1v) is 11.4. The fraction of sp³-hybridized carbons (Fsp3) is 0.800. The van der Waals surface area contributed by atoms with Gasteiger partial charge in [-0.2, -0.15) is 11.8 Å². The number of rotatable bonds is 8. The molecule has 25 heavy (non-hydrogen) atoms. The van der Waals surface area contributed by atoms with E-state index in [1.807, 2.05) is 6.26 Å². The third-order valence-corrected chi connectivity index (χ3v) is 8.47. The molecule has 2 heterocycles. The van der Waals surface area contributed by atoms with E-state index in [0.29, 0.717) is 25.1 Å². The fourth-order valence-corrected chi connectivity index (χ4v) is 6.86. The highest BCUT2D eigenvalue weighted by Crippen LogP contribution is 2.51. The summed E-state index contributed by atoms with van der Waals surface area (Å²) in [7, 11) is 0. The van der Waals surface area contributed by atoms with E-state index in [0.717, 1.165) is 11.5 Å². The molecule has 1 amide bonds. The first-order chi connectivity index (χ1) is 11.8. The largest absolute Gasteiger partial charge is 0.480 e. The zero-order valence-electron chi connectivity index (χ0n) is 14.3. The topological polar surface area (TPSA) is 107 Å². The highest BCUT2D eigenvalue weighted by Gasteiger charge is 2.51. The van der Waals surface area contributed by atoms with E-state index < -0.39 is 30.1 Å². The SMILES string of the molecule is CSCC[C@@H](N[C@@H](C)C(=O)N1CC2(C[C@H]1C(=O)O)SCCS2)C(=O)O. The van der Waals surface area contributed by atoms with Gasteiger partial charge in [-0.3, -0.25) is 14.9 Å². The van der Waals surface area contributed by atoms with E-state index in [1.165, 1.54) is 4.90 Å². The van der Waals surface area contributed by atoms with Gasteiger partial charge in [0.15, 0.2) is 0 Å². The average Bonchev–Trinajstić information content (AvgIpc) is 3.18. The molecular formula is C15H24N2O5S3. The lowest BCUT2D eigenvalue weighted by Crippen LogP contribution is -2.53. The molecule has 2 fully saturated rings. The number of nitrogens with one attached hydrogen (secondary N) is 1. The molecule has 0 aromatic rings. The molecule has 0 unspecified atom stereocenters. The second kappa shape index (κ2) is 8.88. The Kier molecular flexibility index (Phi) is 7.36. The Morgan fingerprint density at radius 2 is 1.96 bits per heavy atom. The van der Waals surface area contributed by atoms with Crippen molar-refractivity contribution < 1.29 is 24.6 Å². The summed E-state index contributed by atoms with van der Waals surface area (Å²) in [5.74, 6) is 0.257. The minimum Gasteiger partial charge on any atom is -0.480 e. The first-order valence-electron chi connectivity index (χ1n) is 8.08. The van der Waals surface area contributed by atoms with Gasteiger partial charge >= 0.3 is 11.9 Å². The summed E-state index contributed by atoms with van der Waals surface area (Å²) in [4.78, 5) is 37.2. The van der Waals surface area contributed by atoms with Crippen molar-refractivity contribution in [2.24, 2.45) is 0 Å². The van der Waals surface area contributed by atoms with Crippen LogP contribution in [-0.4, -0.2) is 85.2 Å². The molecule has 3 atom stereocenters. The Morgan fingerprint density at radius 1 is 1.32 bits per heavy atom. The van der Waals surface area contributed by atoms with Crippen LogP contribution in [-0.2, 0) is 14.4 Å². The van der Waals surface area contributed by atoms with Crippen molar-refractivity contribution in [1.29, 1.82) is 0 Å². The average molecular weight is 409 g/mol. The van der Waals surface area contributed by atoms with Crippen LogP contribution in [0.5, 0.6) is 0 Å². The number of likely N-dealkylation sites (tertiary alicyclic amines) is 1. The summed E-state index contributed by atoms with van der Waals surface area (Å²) in [6.45, 7) is 2.00. The predicted molar refractivity (Wildman–Crippen MR) is 102 cm³/mol. The van der Waals surface area contributed by atoms with Gasteiger partial charge in [0, 0.05) is 24.5 Å². The third kappa shape index (κ3) is 4.99. The van der Waals surface area contributed by atoms with Crippen LogP contribution in [0.2, 0.25) is 0 Å². The summed E-state index contributed by atoms with van der Waals surface area (Å²) < 4.78 is -0.233. The zero-order valence-corrected chi connectivity index (χ0v) is 16.7. The van der Waals surface area contributed by atoms with Crippen molar-refractivity contribution in [3.05, 3.63) is 0 Å². The van der Waals surface area contributed by atoms with Crippen LogP contribution in [0.25, 0.3) is 0 Å². The molecule has 7 nitrogen and oxygen atoms in total. The van der Waals surface area contributed by atoms with Crippen molar-refractivity contribution in [3.8, 4) is 0 Å². The summed E-state index contributed by atoms with van der Waals surface area (Å²) >= 11 is 4.99. The highest BCUT2D eigenvalue weighted by molar-refractivity contribution is 8.21. The Balaban J connectivity index is 2.05. The molecule has 0 radical (unpaired) electrons. The molecule has 0 bridgehead atoms. The van der Waals surface area contributed by atoms with Crippen LogP contribution >= 0.6 is 35.3 Å². The van der Waals surface area contributed by atoms with Crippen LogP contribution in [0.3, 0.4) is 0 Å². The molecule has 2 saturated heterocycles. The summed E-state index contributed by atoms with van der Waals surface area (Å²) in [5.41, 5.74) is 0. The standard InChI is InChI=1S/C15H24N2O5S3/c1-9(16-10(13(19)20)3-4-23-2)12(18)17-8-15(24-5-6-25-15)7-11(17)14(21)22/h9-11,16H,3-8H2,1-2H3,(H,19,20)(H,21,22)/t9-,10+,11-/m0/s1. The van der Waals surface area contributed by atoms with Crippen LogP contribution in [0.1, 0.15) is 19.8 Å². The molecule has 142 valence electrons. The highest BCUT2D eigenvalue weighted by atomic mass is 32.2. The summed E-state index contributed by atoms with van der Waals surface area (Å²) in [6, 6.07) is -2.40. The minimum absolute atomic E-state index is 0.233. The maximum absolute atomic E-state index is 12.8. The molecule has 2 aliphatic heterocycles. The maximum Gasteiger partial charge on any atom is 0.326 e. The molecule has 0 aliphatic carbocycles. The van der Waals surface area contributed by atoms with Gasteiger partial charge in [0.1, 0.15) is 12.1 Å². The van der Waals surface area contributed by atoms with Gasteiger partial charge in [0.2, 0.25) is 5.91 Å². The van der Waals surface area contributed by atoms with Gasteiger partial charge in [-0.25, -0.2) is 4.79 Å². The Labute approximate surface area is 160 Å². The van der Waals surface area contributed by atoms with Gasteiger partial charge in [0.25, 0.3) is 0 Å². The van der Waals surface area contributed by atoms with Gasteiger partial charge in [0.05, 0.1) is 10.1 Å². The number of aliphatic carboxylic acids is 2. The first kappa shape index (κ1) is 20.7. The zero-order chi connectivity index (χ0) is 18.6. The molecule has 0 aromatic heterocycles. The maximum atomic E-state index is 12.8. The number of hydrogen-bond donors (Lipinski definition) is 3. The van der Waals surface area contributed by atoms with E-state index in [9.17, 15) is 24.6 Å². The van der Waals surface area contributed by atoms with Crippen molar-refractivity contribution >= 4 is 53.1 Å². The number of carboxylic acid groups (broad SMARTS) is 2. The number of thioether (sulfide) groups is 3. The third-order valence-electron chi connectivity index (χ3n) is 4.40. The van der Waals surface area contributed by atoms with E-state index >= 15 is 0 Å². The molecule has 1 spiro atoms.